The number of nitrogens with one attached hydrogen (secondary N) is 1. The van der Waals surface area contributed by atoms with Crippen molar-refractivity contribution in [2.45, 2.75) is 32.6 Å². The summed E-state index contributed by atoms with van der Waals surface area (Å²) < 4.78 is 43.0. The summed E-state index contributed by atoms with van der Waals surface area (Å²) in [6.07, 6.45) is 1.32. The second-order valence-electron chi connectivity index (χ2n) is 8.51. The summed E-state index contributed by atoms with van der Waals surface area (Å²) in [6.45, 7) is 1.24. The molecule has 1 atom stereocenters. The van der Waals surface area contributed by atoms with Crippen LogP contribution in [0.3, 0.4) is 0 Å². The lowest BCUT2D eigenvalue weighted by Gasteiger charge is -2.18. The van der Waals surface area contributed by atoms with Crippen LogP contribution in [0.25, 0.3) is 0 Å². The average molecular weight is 456 g/mol. The molecule has 1 aromatic heterocycles. The number of hydrogen-bond acceptors (Lipinski definition) is 4. The van der Waals surface area contributed by atoms with Crippen molar-refractivity contribution in [1.82, 2.24) is 9.55 Å². The van der Waals surface area contributed by atoms with Gasteiger partial charge in [-0.05, 0) is 18.1 Å². The van der Waals surface area contributed by atoms with Crippen molar-refractivity contribution in [3.63, 3.8) is 0 Å². The van der Waals surface area contributed by atoms with E-state index in [1.165, 1.54) is 13.1 Å². The van der Waals surface area contributed by atoms with Gasteiger partial charge in [-0.2, -0.15) is 0 Å². The van der Waals surface area contributed by atoms with Gasteiger partial charge in [0.25, 0.3) is 11.5 Å². The Balaban J connectivity index is 1.51. The van der Waals surface area contributed by atoms with Crippen LogP contribution in [0.4, 0.5) is 8.78 Å². The highest BCUT2D eigenvalue weighted by Crippen LogP contribution is 2.66. The van der Waals surface area contributed by atoms with Crippen molar-refractivity contribution in [1.29, 1.82) is 0 Å². The number of ether oxygens (including phenoxy) is 2. The first-order chi connectivity index (χ1) is 15.8. The Morgan fingerprint density at radius 2 is 1.42 bits per heavy atom. The first-order valence-electron chi connectivity index (χ1n) is 10.7. The quantitative estimate of drug-likeness (QED) is 0.507. The minimum absolute atomic E-state index is 0.196. The van der Waals surface area contributed by atoms with Crippen LogP contribution in [-0.2, 0) is 29.2 Å². The first kappa shape index (κ1) is 23.1. The van der Waals surface area contributed by atoms with Gasteiger partial charge in [-0.1, -0.05) is 60.7 Å². The fourth-order valence-electron chi connectivity index (χ4n) is 4.12. The van der Waals surface area contributed by atoms with Crippen molar-refractivity contribution in [2.75, 3.05) is 13.2 Å². The summed E-state index contributed by atoms with van der Waals surface area (Å²) in [5.41, 5.74) is -0.762. The highest BCUT2D eigenvalue weighted by molar-refractivity contribution is 5.20. The Hall–Kier alpha value is -3.10. The van der Waals surface area contributed by atoms with Crippen LogP contribution in [0.2, 0.25) is 0 Å². The maximum Gasteiger partial charge on any atom is 0.328 e. The zero-order chi connectivity index (χ0) is 23.5. The molecular formula is C25H26F2N2O4. The minimum Gasteiger partial charge on any atom is -0.376 e. The molecule has 0 bridgehead atoms. The summed E-state index contributed by atoms with van der Waals surface area (Å²) in [5.74, 6) is -4.26. The Morgan fingerprint density at radius 1 is 0.909 bits per heavy atom. The van der Waals surface area contributed by atoms with Crippen LogP contribution in [0.15, 0.2) is 76.4 Å². The smallest absolute Gasteiger partial charge is 0.328 e. The summed E-state index contributed by atoms with van der Waals surface area (Å²) in [7, 11) is 0. The number of halogens is 2. The van der Waals surface area contributed by atoms with Crippen LogP contribution >= 0.6 is 0 Å². The van der Waals surface area contributed by atoms with E-state index in [0.29, 0.717) is 0 Å². The summed E-state index contributed by atoms with van der Waals surface area (Å²) in [6, 6.07) is 18.6. The number of aromatic nitrogens is 2. The van der Waals surface area contributed by atoms with Gasteiger partial charge in [0.2, 0.25) is 0 Å². The van der Waals surface area contributed by atoms with E-state index < -0.39 is 28.5 Å². The standard InChI is InChI=1S/C25H26F2N2O4/c1-18-12-29(23(31)28-22(18)30)13-21-24(25(21,26)27,16-32-14-19-8-4-2-5-9-19)17-33-15-20-10-6-3-7-11-20/h2-12,21H,13-17H2,1H3,(H,28,30,31)/t21-/m0/s1. The van der Waals surface area contributed by atoms with E-state index in [4.69, 9.17) is 9.47 Å². The number of nitrogens with zero attached hydrogens (tertiary/aromatic N) is 1. The molecule has 1 N–H and O–H groups in total. The number of alkyl halides is 2. The molecule has 33 heavy (non-hydrogen) atoms. The maximum absolute atomic E-state index is 15.2. The van der Waals surface area contributed by atoms with Gasteiger partial charge in [0.05, 0.1) is 37.8 Å². The van der Waals surface area contributed by atoms with Crippen LogP contribution in [0.5, 0.6) is 0 Å². The van der Waals surface area contributed by atoms with Gasteiger partial charge in [-0.3, -0.25) is 14.3 Å². The monoisotopic (exact) mass is 456 g/mol. The van der Waals surface area contributed by atoms with Crippen molar-refractivity contribution in [3.05, 3.63) is 104 Å². The summed E-state index contributed by atoms with van der Waals surface area (Å²) in [4.78, 5) is 26.0. The molecule has 0 amide bonds. The van der Waals surface area contributed by atoms with Gasteiger partial charge in [-0.25, -0.2) is 13.6 Å². The van der Waals surface area contributed by atoms with E-state index in [1.54, 1.807) is 0 Å². The third kappa shape index (κ3) is 4.82. The Morgan fingerprint density at radius 3 is 1.94 bits per heavy atom. The molecule has 1 heterocycles. The van der Waals surface area contributed by atoms with E-state index in [2.05, 4.69) is 4.98 Å². The van der Waals surface area contributed by atoms with E-state index in [1.807, 2.05) is 60.7 Å². The van der Waals surface area contributed by atoms with E-state index in [9.17, 15) is 9.59 Å². The summed E-state index contributed by atoms with van der Waals surface area (Å²) in [5, 5.41) is 0. The zero-order valence-electron chi connectivity index (χ0n) is 18.3. The van der Waals surface area contributed by atoms with Crippen LogP contribution in [0.1, 0.15) is 16.7 Å². The average Bonchev–Trinajstić information content (AvgIpc) is 3.25. The number of aryl methyl sites for hydroxylation is 1. The third-order valence-electron chi connectivity index (χ3n) is 6.20. The van der Waals surface area contributed by atoms with Gasteiger partial charge in [0, 0.05) is 18.3 Å². The van der Waals surface area contributed by atoms with E-state index >= 15 is 8.78 Å². The Labute approximate surface area is 189 Å². The molecule has 3 aromatic rings. The first-order valence-corrected chi connectivity index (χ1v) is 10.7. The number of hydrogen-bond donors (Lipinski definition) is 1. The largest absolute Gasteiger partial charge is 0.376 e. The molecule has 0 saturated heterocycles. The van der Waals surface area contributed by atoms with Gasteiger partial charge >= 0.3 is 5.69 Å². The lowest BCUT2D eigenvalue weighted by atomic mass is 10.1. The van der Waals surface area contributed by atoms with Crippen LogP contribution in [-0.4, -0.2) is 28.7 Å². The molecule has 1 aliphatic rings. The molecule has 2 aromatic carbocycles. The fraction of sp³-hybridized carbons (Fsp3) is 0.360. The fourth-order valence-corrected chi connectivity index (χ4v) is 4.12. The molecule has 1 saturated carbocycles. The molecule has 4 rings (SSSR count). The zero-order valence-corrected chi connectivity index (χ0v) is 18.3. The molecule has 0 spiro atoms. The normalized spacial score (nSPS) is 18.2. The van der Waals surface area contributed by atoms with Crippen LogP contribution in [0, 0.1) is 18.3 Å². The maximum atomic E-state index is 15.2. The molecule has 0 aliphatic heterocycles. The molecule has 8 heteroatoms. The molecule has 0 radical (unpaired) electrons. The van der Waals surface area contributed by atoms with Crippen molar-refractivity contribution in [2.24, 2.45) is 11.3 Å². The predicted octanol–water partition coefficient (Wildman–Crippen LogP) is 3.53. The highest BCUT2D eigenvalue weighted by atomic mass is 19.3. The number of aromatic amines is 1. The van der Waals surface area contributed by atoms with Gasteiger partial charge < -0.3 is 9.47 Å². The van der Waals surface area contributed by atoms with Crippen molar-refractivity contribution >= 4 is 0 Å². The predicted molar refractivity (Wildman–Crippen MR) is 119 cm³/mol. The molecular weight excluding hydrogens is 430 g/mol. The second kappa shape index (κ2) is 9.41. The van der Waals surface area contributed by atoms with Gasteiger partial charge in [0.15, 0.2) is 0 Å². The lowest BCUT2D eigenvalue weighted by Crippen LogP contribution is -2.32. The SMILES string of the molecule is Cc1cn(C[C@@H]2C(F)(F)C2(COCc2ccccc2)COCc2ccccc2)c(=O)[nH]c1=O. The molecule has 6 nitrogen and oxygen atoms in total. The number of benzene rings is 2. The van der Waals surface area contributed by atoms with Crippen molar-refractivity contribution < 1.29 is 18.3 Å². The molecule has 1 aliphatic carbocycles. The van der Waals surface area contributed by atoms with E-state index in [-0.39, 0.29) is 38.5 Å². The Bertz CT molecular complexity index is 1150. The number of rotatable bonds is 10. The van der Waals surface area contributed by atoms with Crippen molar-refractivity contribution in [3.8, 4) is 0 Å². The molecule has 1 fully saturated rings. The lowest BCUT2D eigenvalue weighted by molar-refractivity contribution is -0.0431. The van der Waals surface area contributed by atoms with E-state index in [0.717, 1.165) is 15.7 Å². The Kier molecular flexibility index (Phi) is 6.58. The molecule has 174 valence electrons. The number of H-pyrrole nitrogens is 1. The summed E-state index contributed by atoms with van der Waals surface area (Å²) >= 11 is 0. The molecule has 0 unspecified atom stereocenters. The van der Waals surface area contributed by atoms with Gasteiger partial charge in [0.1, 0.15) is 0 Å². The van der Waals surface area contributed by atoms with Crippen LogP contribution < -0.4 is 11.2 Å². The topological polar surface area (TPSA) is 73.3 Å². The second-order valence-corrected chi connectivity index (χ2v) is 8.51. The van der Waals surface area contributed by atoms with Gasteiger partial charge in [-0.15, -0.1) is 0 Å². The third-order valence-corrected chi connectivity index (χ3v) is 6.20. The highest BCUT2D eigenvalue weighted by Gasteiger charge is 2.80. The minimum atomic E-state index is -3.09.